The van der Waals surface area contributed by atoms with E-state index >= 15 is 0 Å². The number of hydrogen-bond donors (Lipinski definition) is 1. The van der Waals surface area contributed by atoms with Crippen LogP contribution < -0.4 is 0 Å². The molecule has 1 unspecified atom stereocenters. The van der Waals surface area contributed by atoms with E-state index in [4.69, 9.17) is 4.42 Å². The Hall–Kier alpha value is -1.61. The van der Waals surface area contributed by atoms with E-state index in [1.807, 2.05) is 13.0 Å². The zero-order valence-corrected chi connectivity index (χ0v) is 8.98. The van der Waals surface area contributed by atoms with Crippen molar-refractivity contribution in [1.29, 1.82) is 0 Å². The van der Waals surface area contributed by atoms with Gasteiger partial charge in [-0.25, -0.2) is 4.39 Å². The van der Waals surface area contributed by atoms with Crippen molar-refractivity contribution in [1.82, 2.24) is 0 Å². The minimum absolute atomic E-state index is 0.271. The largest absolute Gasteiger partial charge is 0.466 e. The molecule has 0 amide bonds. The van der Waals surface area contributed by atoms with Gasteiger partial charge in [-0.05, 0) is 36.2 Å². The Balaban J connectivity index is 2.10. The highest BCUT2D eigenvalue weighted by molar-refractivity contribution is 5.22. The summed E-state index contributed by atoms with van der Waals surface area (Å²) in [7, 11) is 0. The molecule has 0 radical (unpaired) electrons. The summed E-state index contributed by atoms with van der Waals surface area (Å²) < 4.78 is 17.9. The summed E-state index contributed by atoms with van der Waals surface area (Å²) in [5.41, 5.74) is 1.80. The monoisotopic (exact) mass is 220 g/mol. The summed E-state index contributed by atoms with van der Waals surface area (Å²) in [6.45, 7) is 1.88. The predicted molar refractivity (Wildman–Crippen MR) is 58.5 cm³/mol. The fourth-order valence-electron chi connectivity index (χ4n) is 1.66. The molecule has 16 heavy (non-hydrogen) atoms. The van der Waals surface area contributed by atoms with Crippen molar-refractivity contribution in [2.75, 3.05) is 0 Å². The maximum absolute atomic E-state index is 12.7. The Morgan fingerprint density at radius 3 is 2.50 bits per heavy atom. The molecule has 1 atom stereocenters. The van der Waals surface area contributed by atoms with Crippen LogP contribution in [0, 0.1) is 12.7 Å². The Kier molecular flexibility index (Phi) is 3.06. The number of aliphatic hydroxyl groups is 1. The number of hydrogen-bond acceptors (Lipinski definition) is 2. The van der Waals surface area contributed by atoms with Crippen LogP contribution in [0.3, 0.4) is 0 Å². The molecule has 0 aliphatic carbocycles. The Bertz CT molecular complexity index is 459. The lowest BCUT2D eigenvalue weighted by molar-refractivity contribution is 0.149. The highest BCUT2D eigenvalue weighted by atomic mass is 19.1. The topological polar surface area (TPSA) is 33.4 Å². The molecular weight excluding hydrogens is 207 g/mol. The van der Waals surface area contributed by atoms with Crippen molar-refractivity contribution in [3.63, 3.8) is 0 Å². The molecule has 1 heterocycles. The molecule has 84 valence electrons. The first-order valence-electron chi connectivity index (χ1n) is 5.13. The van der Waals surface area contributed by atoms with Crippen molar-refractivity contribution >= 4 is 0 Å². The van der Waals surface area contributed by atoms with Crippen molar-refractivity contribution in [3.8, 4) is 0 Å². The van der Waals surface area contributed by atoms with Crippen molar-refractivity contribution in [2.45, 2.75) is 19.4 Å². The smallest absolute Gasteiger partial charge is 0.135 e. The van der Waals surface area contributed by atoms with E-state index in [1.165, 1.54) is 12.1 Å². The van der Waals surface area contributed by atoms with E-state index in [0.29, 0.717) is 12.2 Å². The number of furan rings is 1. The van der Waals surface area contributed by atoms with E-state index in [2.05, 4.69) is 0 Å². The Morgan fingerprint density at radius 1 is 1.25 bits per heavy atom. The lowest BCUT2D eigenvalue weighted by atomic mass is 10.0. The molecule has 0 saturated carbocycles. The number of halogens is 1. The van der Waals surface area contributed by atoms with Gasteiger partial charge in [0, 0.05) is 6.42 Å². The lowest BCUT2D eigenvalue weighted by Gasteiger charge is -2.08. The molecular formula is C13H13FO2. The van der Waals surface area contributed by atoms with Crippen LogP contribution in [0.4, 0.5) is 4.39 Å². The van der Waals surface area contributed by atoms with Gasteiger partial charge in [0.25, 0.3) is 0 Å². The Labute approximate surface area is 93.3 Å². The van der Waals surface area contributed by atoms with Crippen LogP contribution in [-0.2, 0) is 6.42 Å². The van der Waals surface area contributed by atoms with Gasteiger partial charge < -0.3 is 9.52 Å². The SMILES string of the molecule is Cc1ccoc1C(O)Cc1ccc(F)cc1. The van der Waals surface area contributed by atoms with Gasteiger partial charge in [0.15, 0.2) is 0 Å². The summed E-state index contributed by atoms with van der Waals surface area (Å²) in [6.07, 6.45) is 1.30. The second kappa shape index (κ2) is 4.49. The van der Waals surface area contributed by atoms with E-state index in [0.717, 1.165) is 11.1 Å². The fourth-order valence-corrected chi connectivity index (χ4v) is 1.66. The average Bonchev–Trinajstić information content (AvgIpc) is 2.68. The molecule has 1 aromatic carbocycles. The third-order valence-corrected chi connectivity index (χ3v) is 2.55. The molecule has 0 aliphatic rings. The summed E-state index contributed by atoms with van der Waals surface area (Å²) in [4.78, 5) is 0. The number of benzene rings is 1. The molecule has 0 bridgehead atoms. The van der Waals surface area contributed by atoms with Gasteiger partial charge >= 0.3 is 0 Å². The summed E-state index contributed by atoms with van der Waals surface area (Å²) in [6, 6.07) is 7.91. The maximum atomic E-state index is 12.7. The Morgan fingerprint density at radius 2 is 1.94 bits per heavy atom. The molecule has 0 spiro atoms. The average molecular weight is 220 g/mol. The van der Waals surface area contributed by atoms with Gasteiger partial charge in [-0.1, -0.05) is 12.1 Å². The minimum Gasteiger partial charge on any atom is -0.466 e. The minimum atomic E-state index is -0.680. The van der Waals surface area contributed by atoms with Gasteiger partial charge in [-0.3, -0.25) is 0 Å². The maximum Gasteiger partial charge on any atom is 0.135 e. The molecule has 2 aromatic rings. The van der Waals surface area contributed by atoms with Gasteiger partial charge in [-0.2, -0.15) is 0 Å². The van der Waals surface area contributed by atoms with E-state index in [1.54, 1.807) is 18.4 Å². The molecule has 2 nitrogen and oxygen atoms in total. The van der Waals surface area contributed by atoms with Crippen molar-refractivity contribution < 1.29 is 13.9 Å². The normalized spacial score (nSPS) is 12.7. The summed E-state index contributed by atoms with van der Waals surface area (Å²) in [5.74, 6) is 0.303. The molecule has 1 N–H and O–H groups in total. The second-order valence-electron chi connectivity index (χ2n) is 3.81. The van der Waals surface area contributed by atoms with Gasteiger partial charge in [0.1, 0.15) is 17.7 Å². The van der Waals surface area contributed by atoms with Crippen LogP contribution in [0.15, 0.2) is 41.0 Å². The van der Waals surface area contributed by atoms with Gasteiger partial charge in [0.05, 0.1) is 6.26 Å². The quantitative estimate of drug-likeness (QED) is 0.862. The molecule has 0 fully saturated rings. The van der Waals surface area contributed by atoms with Crippen LogP contribution in [-0.4, -0.2) is 5.11 Å². The molecule has 3 heteroatoms. The highest BCUT2D eigenvalue weighted by Crippen LogP contribution is 2.22. The number of aryl methyl sites for hydroxylation is 1. The zero-order chi connectivity index (χ0) is 11.5. The van der Waals surface area contributed by atoms with Crippen LogP contribution in [0.1, 0.15) is 23.0 Å². The van der Waals surface area contributed by atoms with Crippen molar-refractivity contribution in [2.24, 2.45) is 0 Å². The third-order valence-electron chi connectivity index (χ3n) is 2.55. The highest BCUT2D eigenvalue weighted by Gasteiger charge is 2.14. The van der Waals surface area contributed by atoms with Crippen LogP contribution >= 0.6 is 0 Å². The molecule has 0 aliphatic heterocycles. The predicted octanol–water partition coefficient (Wildman–Crippen LogP) is 3.00. The van der Waals surface area contributed by atoms with E-state index in [-0.39, 0.29) is 5.82 Å². The van der Waals surface area contributed by atoms with Crippen molar-refractivity contribution in [3.05, 3.63) is 59.3 Å². The van der Waals surface area contributed by atoms with Crippen LogP contribution in [0.5, 0.6) is 0 Å². The second-order valence-corrected chi connectivity index (χ2v) is 3.81. The van der Waals surface area contributed by atoms with Gasteiger partial charge in [-0.15, -0.1) is 0 Å². The molecule has 1 aromatic heterocycles. The zero-order valence-electron chi connectivity index (χ0n) is 8.98. The molecule has 2 rings (SSSR count). The standard InChI is InChI=1S/C13H13FO2/c1-9-6-7-16-13(9)12(15)8-10-2-4-11(14)5-3-10/h2-7,12,15H,8H2,1H3. The van der Waals surface area contributed by atoms with Gasteiger partial charge in [0.2, 0.25) is 0 Å². The number of rotatable bonds is 3. The molecule has 0 saturated heterocycles. The number of aliphatic hydroxyl groups excluding tert-OH is 1. The fraction of sp³-hybridized carbons (Fsp3) is 0.231. The van der Waals surface area contributed by atoms with Crippen LogP contribution in [0.25, 0.3) is 0 Å². The van der Waals surface area contributed by atoms with Crippen LogP contribution in [0.2, 0.25) is 0 Å². The summed E-state index contributed by atoms with van der Waals surface area (Å²) >= 11 is 0. The first kappa shape index (κ1) is 10.9. The lowest BCUT2D eigenvalue weighted by Crippen LogP contribution is -2.01. The first-order valence-corrected chi connectivity index (χ1v) is 5.13. The third kappa shape index (κ3) is 2.31. The van der Waals surface area contributed by atoms with E-state index < -0.39 is 6.10 Å². The van der Waals surface area contributed by atoms with E-state index in [9.17, 15) is 9.50 Å². The summed E-state index contributed by atoms with van der Waals surface area (Å²) in [5, 5.41) is 9.93. The first-order chi connectivity index (χ1) is 7.66.